The predicted octanol–water partition coefficient (Wildman–Crippen LogP) is 2.38. The fourth-order valence-corrected chi connectivity index (χ4v) is 2.87. The van der Waals surface area contributed by atoms with Crippen molar-refractivity contribution < 1.29 is 27.6 Å². The van der Waals surface area contributed by atoms with Gasteiger partial charge in [-0.2, -0.15) is 13.2 Å². The third kappa shape index (κ3) is 3.17. The van der Waals surface area contributed by atoms with Gasteiger partial charge in [0, 0.05) is 12.4 Å². The van der Waals surface area contributed by atoms with Gasteiger partial charge in [-0.1, -0.05) is 30.3 Å². The molecule has 7 nitrogen and oxygen atoms in total. The van der Waals surface area contributed by atoms with Crippen molar-refractivity contribution >= 4 is 17.8 Å². The maximum absolute atomic E-state index is 13.9. The smallest absolute Gasteiger partial charge is 0.314 e. The lowest BCUT2D eigenvalue weighted by Crippen LogP contribution is -2.69. The molecule has 1 aromatic carbocycles. The summed E-state index contributed by atoms with van der Waals surface area (Å²) in [5.74, 6) is -2.81. The minimum atomic E-state index is -5.28. The number of hydrogen-bond donors (Lipinski definition) is 2. The van der Waals surface area contributed by atoms with Crippen LogP contribution < -0.4 is 10.6 Å². The molecule has 1 fully saturated rings. The molecule has 1 aliphatic heterocycles. The highest BCUT2D eigenvalue weighted by Gasteiger charge is 2.69. The average molecular weight is 392 g/mol. The number of hydrogen-bond acceptors (Lipinski definition) is 4. The SMILES string of the molecule is C[C@@H](c1ccccc1)N1C(=O)N[C@@](NC(=O)c2cccnc2)(C(F)(F)F)C1=O. The molecule has 1 aliphatic rings. The molecule has 1 aromatic heterocycles. The van der Waals surface area contributed by atoms with Crippen LogP contribution >= 0.6 is 0 Å². The predicted molar refractivity (Wildman–Crippen MR) is 90.7 cm³/mol. The number of amides is 4. The van der Waals surface area contributed by atoms with Crippen LogP contribution in [-0.2, 0) is 4.79 Å². The minimum Gasteiger partial charge on any atom is -0.314 e. The Kier molecular flexibility index (Phi) is 4.80. The first-order valence-corrected chi connectivity index (χ1v) is 8.17. The summed E-state index contributed by atoms with van der Waals surface area (Å²) >= 11 is 0. The molecule has 10 heteroatoms. The van der Waals surface area contributed by atoms with E-state index in [4.69, 9.17) is 0 Å². The fraction of sp³-hybridized carbons (Fsp3) is 0.222. The summed E-state index contributed by atoms with van der Waals surface area (Å²) in [7, 11) is 0. The van der Waals surface area contributed by atoms with Crippen LogP contribution in [0, 0.1) is 0 Å². The normalized spacial score (nSPS) is 20.6. The van der Waals surface area contributed by atoms with Gasteiger partial charge in [-0.3, -0.25) is 24.8 Å². The Labute approximate surface area is 157 Å². The molecule has 0 spiro atoms. The number of carbonyl (C=O) groups is 3. The maximum atomic E-state index is 13.9. The van der Waals surface area contributed by atoms with Gasteiger partial charge in [-0.15, -0.1) is 0 Å². The molecule has 28 heavy (non-hydrogen) atoms. The van der Waals surface area contributed by atoms with Crippen molar-refractivity contribution in [2.75, 3.05) is 0 Å². The Morgan fingerprint density at radius 3 is 2.43 bits per heavy atom. The molecular formula is C18H15F3N4O3. The molecule has 0 aliphatic carbocycles. The molecule has 146 valence electrons. The molecule has 3 rings (SSSR count). The Bertz CT molecular complexity index is 905. The Morgan fingerprint density at radius 1 is 1.18 bits per heavy atom. The Morgan fingerprint density at radius 2 is 1.86 bits per heavy atom. The van der Waals surface area contributed by atoms with Crippen LogP contribution in [-0.4, -0.2) is 39.6 Å². The first kappa shape index (κ1) is 19.3. The van der Waals surface area contributed by atoms with Gasteiger partial charge in [0.05, 0.1) is 11.6 Å². The number of halogens is 3. The van der Waals surface area contributed by atoms with E-state index in [2.05, 4.69) is 4.98 Å². The second kappa shape index (κ2) is 6.95. The number of nitrogens with zero attached hydrogens (tertiary/aromatic N) is 2. The van der Waals surface area contributed by atoms with Gasteiger partial charge in [0.25, 0.3) is 17.5 Å². The molecule has 0 bridgehead atoms. The molecule has 0 unspecified atom stereocenters. The molecule has 2 atom stereocenters. The van der Waals surface area contributed by atoms with E-state index >= 15 is 0 Å². The van der Waals surface area contributed by atoms with Gasteiger partial charge in [0.15, 0.2) is 0 Å². The van der Waals surface area contributed by atoms with Crippen molar-refractivity contribution in [2.45, 2.75) is 24.8 Å². The van der Waals surface area contributed by atoms with E-state index in [1.54, 1.807) is 41.0 Å². The van der Waals surface area contributed by atoms with Crippen molar-refractivity contribution in [3.05, 3.63) is 66.0 Å². The monoisotopic (exact) mass is 392 g/mol. The highest BCUT2D eigenvalue weighted by molar-refractivity contribution is 6.10. The van der Waals surface area contributed by atoms with E-state index < -0.39 is 35.7 Å². The number of aromatic nitrogens is 1. The van der Waals surface area contributed by atoms with Crippen LogP contribution in [0.4, 0.5) is 18.0 Å². The largest absolute Gasteiger partial charge is 0.440 e. The molecule has 2 heterocycles. The van der Waals surface area contributed by atoms with Crippen LogP contribution in [0.25, 0.3) is 0 Å². The summed E-state index contributed by atoms with van der Waals surface area (Å²) < 4.78 is 41.6. The number of nitrogens with one attached hydrogen (secondary N) is 2. The molecule has 0 radical (unpaired) electrons. The summed E-state index contributed by atoms with van der Waals surface area (Å²) in [5.41, 5.74) is -3.30. The topological polar surface area (TPSA) is 91.4 Å². The van der Waals surface area contributed by atoms with Crippen LogP contribution in [0.3, 0.4) is 0 Å². The van der Waals surface area contributed by atoms with E-state index in [0.717, 1.165) is 6.20 Å². The molecule has 0 saturated carbocycles. The maximum Gasteiger partial charge on any atom is 0.440 e. The van der Waals surface area contributed by atoms with Crippen LogP contribution in [0.15, 0.2) is 54.9 Å². The number of benzene rings is 1. The van der Waals surface area contributed by atoms with Gasteiger partial charge >= 0.3 is 12.2 Å². The molecule has 2 N–H and O–H groups in total. The third-order valence-electron chi connectivity index (χ3n) is 4.37. The number of imide groups is 1. The summed E-state index contributed by atoms with van der Waals surface area (Å²) in [5, 5.41) is 3.26. The number of urea groups is 1. The van der Waals surface area contributed by atoms with Crippen molar-refractivity contribution in [3.8, 4) is 0 Å². The van der Waals surface area contributed by atoms with Crippen LogP contribution in [0.1, 0.15) is 28.9 Å². The lowest BCUT2D eigenvalue weighted by Gasteiger charge is -2.30. The number of pyridine rings is 1. The molecular weight excluding hydrogens is 377 g/mol. The third-order valence-corrected chi connectivity index (χ3v) is 4.37. The fourth-order valence-electron chi connectivity index (χ4n) is 2.87. The van der Waals surface area contributed by atoms with Gasteiger partial charge in [-0.05, 0) is 24.6 Å². The Hall–Kier alpha value is -3.43. The lowest BCUT2D eigenvalue weighted by molar-refractivity contribution is -0.200. The number of alkyl halides is 3. The quantitative estimate of drug-likeness (QED) is 0.782. The first-order chi connectivity index (χ1) is 13.2. The van der Waals surface area contributed by atoms with Crippen molar-refractivity contribution in [1.29, 1.82) is 0 Å². The number of carbonyl (C=O) groups excluding carboxylic acids is 3. The van der Waals surface area contributed by atoms with Gasteiger partial charge < -0.3 is 5.32 Å². The van der Waals surface area contributed by atoms with Crippen molar-refractivity contribution in [2.24, 2.45) is 0 Å². The molecule has 1 saturated heterocycles. The summed E-state index contributed by atoms with van der Waals surface area (Å²) in [6.07, 6.45) is -2.89. The lowest BCUT2D eigenvalue weighted by atomic mass is 10.0. The standard InChI is InChI=1S/C18H15F3N4O3/c1-11(12-6-3-2-4-7-12)25-15(27)17(18(19,20)21,24-16(25)28)23-14(26)13-8-5-9-22-10-13/h2-11H,1H3,(H,23,26)(H,24,28)/t11-,17+/m0/s1. The van der Waals surface area contributed by atoms with Crippen LogP contribution in [0.2, 0.25) is 0 Å². The summed E-state index contributed by atoms with van der Waals surface area (Å²) in [6.45, 7) is 1.42. The first-order valence-electron chi connectivity index (χ1n) is 8.17. The van der Waals surface area contributed by atoms with E-state index in [-0.39, 0.29) is 5.56 Å². The number of rotatable bonds is 4. The van der Waals surface area contributed by atoms with Crippen molar-refractivity contribution in [3.63, 3.8) is 0 Å². The zero-order valence-corrected chi connectivity index (χ0v) is 14.5. The van der Waals surface area contributed by atoms with E-state index in [0.29, 0.717) is 10.5 Å². The highest BCUT2D eigenvalue weighted by Crippen LogP contribution is 2.37. The Balaban J connectivity index is 1.97. The average Bonchev–Trinajstić information content (AvgIpc) is 2.93. The van der Waals surface area contributed by atoms with Crippen LogP contribution in [0.5, 0.6) is 0 Å². The van der Waals surface area contributed by atoms with E-state index in [1.807, 2.05) is 0 Å². The summed E-state index contributed by atoms with van der Waals surface area (Å²) in [6, 6.07) is 8.46. The molecule has 2 aromatic rings. The zero-order chi connectivity index (χ0) is 20.5. The van der Waals surface area contributed by atoms with E-state index in [1.165, 1.54) is 25.3 Å². The zero-order valence-electron chi connectivity index (χ0n) is 14.5. The highest BCUT2D eigenvalue weighted by atomic mass is 19.4. The molecule has 4 amide bonds. The van der Waals surface area contributed by atoms with Gasteiger partial charge in [0.2, 0.25) is 0 Å². The second-order valence-electron chi connectivity index (χ2n) is 6.14. The van der Waals surface area contributed by atoms with Gasteiger partial charge in [-0.25, -0.2) is 4.79 Å². The second-order valence-corrected chi connectivity index (χ2v) is 6.14. The van der Waals surface area contributed by atoms with Gasteiger partial charge in [0.1, 0.15) is 0 Å². The minimum absolute atomic E-state index is 0.192. The van der Waals surface area contributed by atoms with Crippen molar-refractivity contribution in [1.82, 2.24) is 20.5 Å². The van der Waals surface area contributed by atoms with E-state index in [9.17, 15) is 27.6 Å². The summed E-state index contributed by atoms with van der Waals surface area (Å²) in [4.78, 5) is 41.5.